The Morgan fingerprint density at radius 2 is 1.81 bits per heavy atom. The van der Waals surface area contributed by atoms with Gasteiger partial charge in [0, 0.05) is 23.1 Å². The van der Waals surface area contributed by atoms with Crippen LogP contribution in [-0.4, -0.2) is 34.8 Å². The lowest BCUT2D eigenvalue weighted by atomic mass is 10.1. The maximum atomic E-state index is 12.1. The van der Waals surface area contributed by atoms with Gasteiger partial charge in [-0.1, -0.05) is 30.3 Å². The van der Waals surface area contributed by atoms with Gasteiger partial charge in [-0.2, -0.15) is 0 Å². The zero-order valence-electron chi connectivity index (χ0n) is 13.8. The summed E-state index contributed by atoms with van der Waals surface area (Å²) in [5, 5.41) is 21.4. The van der Waals surface area contributed by atoms with Crippen LogP contribution in [0.2, 0.25) is 0 Å². The Kier molecular flexibility index (Phi) is 5.31. The van der Waals surface area contributed by atoms with Crippen LogP contribution in [0.1, 0.15) is 16.8 Å². The normalized spacial score (nSPS) is 11.9. The van der Waals surface area contributed by atoms with Gasteiger partial charge >= 0.3 is 0 Å². The first-order chi connectivity index (χ1) is 12.6. The lowest BCUT2D eigenvalue weighted by Crippen LogP contribution is -2.35. The third-order valence-corrected chi connectivity index (χ3v) is 3.97. The maximum Gasteiger partial charge on any atom is 0.272 e. The van der Waals surface area contributed by atoms with E-state index in [0.29, 0.717) is 5.56 Å². The number of amides is 2. The summed E-state index contributed by atoms with van der Waals surface area (Å²) in [6.45, 7) is 0.0960. The van der Waals surface area contributed by atoms with Crippen molar-refractivity contribution in [2.75, 3.05) is 6.54 Å². The molecule has 0 radical (unpaired) electrons. The van der Waals surface area contributed by atoms with E-state index in [9.17, 15) is 14.7 Å². The Hall–Kier alpha value is -3.16. The molecule has 1 atom stereocenters. The number of aliphatic hydroxyl groups excluding tert-OH is 1. The summed E-state index contributed by atoms with van der Waals surface area (Å²) < 4.78 is 5.79. The van der Waals surface area contributed by atoms with E-state index in [1.54, 1.807) is 24.3 Å². The molecule has 3 rings (SSSR count). The number of aliphatic hydroxyl groups is 1. The molecule has 2 amide bonds. The number of carbonyl (C=O) groups is 2. The summed E-state index contributed by atoms with van der Waals surface area (Å²) >= 11 is 0. The fourth-order valence-corrected chi connectivity index (χ4v) is 2.54. The molecule has 0 unspecified atom stereocenters. The van der Waals surface area contributed by atoms with Crippen LogP contribution in [0.5, 0.6) is 0 Å². The lowest BCUT2D eigenvalue weighted by Gasteiger charge is -2.09. The number of hydrogen-bond donors (Lipinski definition) is 4. The molecule has 3 aromatic rings. The maximum absolute atomic E-state index is 12.1. The van der Waals surface area contributed by atoms with E-state index < -0.39 is 12.0 Å². The summed E-state index contributed by atoms with van der Waals surface area (Å²) in [5.41, 5.74) is 3.46. The van der Waals surface area contributed by atoms with Crippen molar-refractivity contribution in [3.63, 3.8) is 0 Å². The summed E-state index contributed by atoms with van der Waals surface area (Å²) in [5.74, 6) is -0.511. The molecule has 0 aliphatic rings. The van der Waals surface area contributed by atoms with Crippen LogP contribution in [0.25, 0.3) is 22.3 Å². The topological polar surface area (TPSA) is 112 Å². The van der Waals surface area contributed by atoms with E-state index in [1.807, 2.05) is 30.3 Å². The number of fused-ring (bicyclic) bond motifs is 1. The van der Waals surface area contributed by atoms with Gasteiger partial charge < -0.3 is 14.8 Å². The molecule has 0 spiro atoms. The molecule has 0 saturated heterocycles. The van der Waals surface area contributed by atoms with Gasteiger partial charge in [0.1, 0.15) is 17.4 Å². The molecule has 7 nitrogen and oxygen atoms in total. The lowest BCUT2D eigenvalue weighted by molar-refractivity contribution is -0.138. The van der Waals surface area contributed by atoms with E-state index in [0.717, 1.165) is 22.3 Å². The minimum absolute atomic E-state index is 0.00476. The molecule has 2 aromatic carbocycles. The Balaban J connectivity index is 1.61. The molecule has 1 heterocycles. The number of rotatable bonds is 6. The van der Waals surface area contributed by atoms with Gasteiger partial charge in [0.05, 0.1) is 0 Å². The molecular weight excluding hydrogens is 336 g/mol. The number of nitrogens with one attached hydrogen (secondary N) is 2. The predicted octanol–water partition coefficient (Wildman–Crippen LogP) is 2.09. The highest BCUT2D eigenvalue weighted by molar-refractivity contribution is 5.94. The van der Waals surface area contributed by atoms with Crippen LogP contribution < -0.4 is 10.8 Å². The Morgan fingerprint density at radius 3 is 2.50 bits per heavy atom. The van der Waals surface area contributed by atoms with Gasteiger partial charge in [0.2, 0.25) is 0 Å². The Labute approximate surface area is 149 Å². The van der Waals surface area contributed by atoms with Crippen molar-refractivity contribution in [3.8, 4) is 11.3 Å². The van der Waals surface area contributed by atoms with Crippen LogP contribution in [-0.2, 0) is 4.79 Å². The SMILES string of the molecule is O=C(NCC[C@@H](O)C(=O)NO)c1ccc(-c2cc3ccccc3o2)cc1. The second-order valence-electron chi connectivity index (χ2n) is 5.76. The van der Waals surface area contributed by atoms with Crippen LogP contribution >= 0.6 is 0 Å². The van der Waals surface area contributed by atoms with Gasteiger partial charge in [-0.15, -0.1) is 0 Å². The molecule has 26 heavy (non-hydrogen) atoms. The first-order valence-electron chi connectivity index (χ1n) is 8.07. The van der Waals surface area contributed by atoms with Crippen LogP contribution in [0.3, 0.4) is 0 Å². The number of hydrogen-bond acceptors (Lipinski definition) is 5. The molecule has 0 bridgehead atoms. The third kappa shape index (κ3) is 3.90. The number of furan rings is 1. The summed E-state index contributed by atoms with van der Waals surface area (Å²) in [7, 11) is 0. The molecule has 1 aromatic heterocycles. The van der Waals surface area contributed by atoms with Crippen LogP contribution in [0.15, 0.2) is 59.0 Å². The fourth-order valence-electron chi connectivity index (χ4n) is 2.54. The average Bonchev–Trinajstić information content (AvgIpc) is 3.11. The smallest absolute Gasteiger partial charge is 0.272 e. The summed E-state index contributed by atoms with van der Waals surface area (Å²) in [6.07, 6.45) is -1.38. The molecule has 0 fully saturated rings. The molecule has 0 saturated carbocycles. The first kappa shape index (κ1) is 17.7. The number of carbonyl (C=O) groups excluding carboxylic acids is 2. The van der Waals surface area contributed by atoms with Crippen molar-refractivity contribution in [2.45, 2.75) is 12.5 Å². The average molecular weight is 354 g/mol. The Morgan fingerprint density at radius 1 is 1.08 bits per heavy atom. The molecular formula is C19H18N2O5. The van der Waals surface area contributed by atoms with E-state index in [1.165, 1.54) is 5.48 Å². The van der Waals surface area contributed by atoms with Gasteiger partial charge in [-0.25, -0.2) is 5.48 Å². The molecule has 0 aliphatic carbocycles. The highest BCUT2D eigenvalue weighted by atomic mass is 16.5. The van der Waals surface area contributed by atoms with Crippen molar-refractivity contribution in [3.05, 3.63) is 60.2 Å². The molecule has 7 heteroatoms. The van der Waals surface area contributed by atoms with E-state index >= 15 is 0 Å². The van der Waals surface area contributed by atoms with Crippen LogP contribution in [0, 0.1) is 0 Å². The van der Waals surface area contributed by atoms with Crippen molar-refractivity contribution in [2.24, 2.45) is 0 Å². The van der Waals surface area contributed by atoms with Crippen molar-refractivity contribution >= 4 is 22.8 Å². The highest BCUT2D eigenvalue weighted by Gasteiger charge is 2.14. The van der Waals surface area contributed by atoms with Gasteiger partial charge in [0.15, 0.2) is 0 Å². The van der Waals surface area contributed by atoms with Crippen molar-refractivity contribution in [1.29, 1.82) is 0 Å². The van der Waals surface area contributed by atoms with Crippen molar-refractivity contribution in [1.82, 2.24) is 10.8 Å². The van der Waals surface area contributed by atoms with Crippen LogP contribution in [0.4, 0.5) is 0 Å². The van der Waals surface area contributed by atoms with Crippen molar-refractivity contribution < 1.29 is 24.3 Å². The monoisotopic (exact) mass is 354 g/mol. The number of benzene rings is 2. The Bertz CT molecular complexity index is 884. The first-order valence-corrected chi connectivity index (χ1v) is 8.07. The zero-order valence-corrected chi connectivity index (χ0v) is 13.8. The minimum atomic E-state index is -1.38. The summed E-state index contributed by atoms with van der Waals surface area (Å²) in [4.78, 5) is 23.0. The minimum Gasteiger partial charge on any atom is -0.456 e. The van der Waals surface area contributed by atoms with Gasteiger partial charge in [-0.05, 0) is 30.7 Å². The molecule has 0 aliphatic heterocycles. The molecule has 4 N–H and O–H groups in total. The zero-order chi connectivity index (χ0) is 18.5. The number of hydroxylamine groups is 1. The highest BCUT2D eigenvalue weighted by Crippen LogP contribution is 2.27. The molecule has 134 valence electrons. The van der Waals surface area contributed by atoms with E-state index in [-0.39, 0.29) is 18.9 Å². The second-order valence-corrected chi connectivity index (χ2v) is 5.76. The summed E-state index contributed by atoms with van der Waals surface area (Å²) in [6, 6.07) is 16.6. The quantitative estimate of drug-likeness (QED) is 0.400. The standard InChI is InChI=1S/C19H18N2O5/c22-15(19(24)21-25)9-10-20-18(23)13-7-5-12(6-8-13)17-11-14-3-1-2-4-16(14)26-17/h1-8,11,15,22,25H,9-10H2,(H,20,23)(H,21,24)/t15-/m1/s1. The van der Waals surface area contributed by atoms with Gasteiger partial charge in [-0.3, -0.25) is 14.8 Å². The largest absolute Gasteiger partial charge is 0.456 e. The van der Waals surface area contributed by atoms with E-state index in [2.05, 4.69) is 5.32 Å². The van der Waals surface area contributed by atoms with E-state index in [4.69, 9.17) is 9.62 Å². The predicted molar refractivity (Wildman–Crippen MR) is 94.5 cm³/mol. The second kappa shape index (κ2) is 7.81. The number of para-hydroxylation sites is 1. The fraction of sp³-hybridized carbons (Fsp3) is 0.158. The third-order valence-electron chi connectivity index (χ3n) is 3.97. The van der Waals surface area contributed by atoms with Gasteiger partial charge in [0.25, 0.3) is 11.8 Å².